The second kappa shape index (κ2) is 8.80. The number of esters is 1. The standard InChI is InChI=1S/C19H18F4N2O4/c1-12(13-6-4-3-5-7-13)24-17(27)25-18(16(26)28-2,19(21,22)23)29-15-10-8-14(20)9-11-15/h3-12H,1-2H3,(H2,24,25,27). The van der Waals surface area contributed by atoms with Gasteiger partial charge in [-0.2, -0.15) is 13.2 Å². The first-order valence-electron chi connectivity index (χ1n) is 8.32. The number of alkyl halides is 3. The molecule has 6 nitrogen and oxygen atoms in total. The van der Waals surface area contributed by atoms with Gasteiger partial charge in [0.1, 0.15) is 11.6 Å². The molecule has 0 spiro atoms. The van der Waals surface area contributed by atoms with Crippen LogP contribution >= 0.6 is 0 Å². The minimum atomic E-state index is -5.40. The molecule has 2 aromatic carbocycles. The van der Waals surface area contributed by atoms with Gasteiger partial charge in [0, 0.05) is 0 Å². The molecule has 2 N–H and O–H groups in total. The van der Waals surface area contributed by atoms with Gasteiger partial charge in [-0.25, -0.2) is 14.0 Å². The highest BCUT2D eigenvalue weighted by atomic mass is 19.4. The van der Waals surface area contributed by atoms with Crippen molar-refractivity contribution in [1.29, 1.82) is 0 Å². The number of hydrogen-bond donors (Lipinski definition) is 2. The maximum absolute atomic E-state index is 13.9. The molecule has 156 valence electrons. The first-order chi connectivity index (χ1) is 13.6. The van der Waals surface area contributed by atoms with E-state index < -0.39 is 41.5 Å². The van der Waals surface area contributed by atoms with Crippen molar-refractivity contribution in [2.24, 2.45) is 0 Å². The highest BCUT2D eigenvalue weighted by Gasteiger charge is 2.66. The number of methoxy groups -OCH3 is 1. The molecule has 0 heterocycles. The van der Waals surface area contributed by atoms with Crippen LogP contribution in [0.2, 0.25) is 0 Å². The lowest BCUT2D eigenvalue weighted by atomic mass is 10.1. The van der Waals surface area contributed by atoms with E-state index >= 15 is 0 Å². The van der Waals surface area contributed by atoms with Gasteiger partial charge in [-0.15, -0.1) is 0 Å². The van der Waals surface area contributed by atoms with E-state index in [2.05, 4.69) is 10.1 Å². The first kappa shape index (κ1) is 22.0. The molecular formula is C19H18F4N2O4. The molecule has 2 aromatic rings. The second-order valence-corrected chi connectivity index (χ2v) is 5.96. The number of halogens is 4. The van der Waals surface area contributed by atoms with Crippen molar-refractivity contribution >= 4 is 12.0 Å². The number of amides is 2. The van der Waals surface area contributed by atoms with Crippen LogP contribution in [0.4, 0.5) is 22.4 Å². The SMILES string of the molecule is COC(=O)C(NC(=O)NC(C)c1ccccc1)(Oc1ccc(F)cc1)C(F)(F)F. The zero-order valence-electron chi connectivity index (χ0n) is 15.4. The zero-order valence-corrected chi connectivity index (χ0v) is 15.4. The Morgan fingerprint density at radius 1 is 1.00 bits per heavy atom. The van der Waals surface area contributed by atoms with Gasteiger partial charge in [0.25, 0.3) is 0 Å². The molecule has 2 rings (SSSR count). The van der Waals surface area contributed by atoms with Crippen LogP contribution in [0.1, 0.15) is 18.5 Å². The minimum absolute atomic E-state index is 0.509. The third kappa shape index (κ3) is 5.15. The minimum Gasteiger partial charge on any atom is -0.464 e. The Morgan fingerprint density at radius 2 is 1.59 bits per heavy atom. The average molecular weight is 414 g/mol. The van der Waals surface area contributed by atoms with Crippen LogP contribution in [0.5, 0.6) is 5.75 Å². The van der Waals surface area contributed by atoms with Crippen LogP contribution in [-0.2, 0) is 9.53 Å². The molecule has 10 heteroatoms. The van der Waals surface area contributed by atoms with Crippen LogP contribution in [0.3, 0.4) is 0 Å². The summed E-state index contributed by atoms with van der Waals surface area (Å²) in [6.45, 7) is 1.54. The lowest BCUT2D eigenvalue weighted by Gasteiger charge is -2.34. The van der Waals surface area contributed by atoms with Crippen LogP contribution in [-0.4, -0.2) is 31.0 Å². The molecule has 2 unspecified atom stereocenters. The van der Waals surface area contributed by atoms with Crippen LogP contribution in [0.25, 0.3) is 0 Å². The van der Waals surface area contributed by atoms with Crippen LogP contribution < -0.4 is 15.4 Å². The summed E-state index contributed by atoms with van der Waals surface area (Å²) in [5, 5.41) is 3.82. The summed E-state index contributed by atoms with van der Waals surface area (Å²) < 4.78 is 63.6. The number of carbonyl (C=O) groups excluding carboxylic acids is 2. The number of carbonyl (C=O) groups is 2. The van der Waals surface area contributed by atoms with E-state index in [1.807, 2.05) is 0 Å². The number of benzene rings is 2. The van der Waals surface area contributed by atoms with Gasteiger partial charge in [-0.1, -0.05) is 30.3 Å². The van der Waals surface area contributed by atoms with E-state index in [0.29, 0.717) is 12.7 Å². The van der Waals surface area contributed by atoms with E-state index in [0.717, 1.165) is 24.3 Å². The van der Waals surface area contributed by atoms with E-state index in [9.17, 15) is 27.2 Å². The van der Waals surface area contributed by atoms with Gasteiger partial charge in [0.2, 0.25) is 0 Å². The van der Waals surface area contributed by atoms with Crippen molar-refractivity contribution in [2.45, 2.75) is 24.9 Å². The monoisotopic (exact) mass is 414 g/mol. The molecule has 0 aliphatic heterocycles. The Balaban J connectivity index is 2.32. The smallest absolute Gasteiger partial charge is 0.460 e. The van der Waals surface area contributed by atoms with Crippen LogP contribution in [0.15, 0.2) is 54.6 Å². The third-order valence-corrected chi connectivity index (χ3v) is 3.89. The Labute approximate surface area is 163 Å². The summed E-state index contributed by atoms with van der Waals surface area (Å²) in [4.78, 5) is 24.3. The Morgan fingerprint density at radius 3 is 2.10 bits per heavy atom. The molecule has 0 aliphatic carbocycles. The second-order valence-electron chi connectivity index (χ2n) is 5.96. The Kier molecular flexibility index (Phi) is 6.68. The molecule has 2 amide bonds. The lowest BCUT2D eigenvalue weighted by Crippen LogP contribution is -2.69. The maximum Gasteiger partial charge on any atom is 0.460 e. The van der Waals surface area contributed by atoms with Gasteiger partial charge in [-0.05, 0) is 36.8 Å². The van der Waals surface area contributed by atoms with Crippen molar-refractivity contribution in [3.05, 3.63) is 66.0 Å². The number of rotatable bonds is 6. The van der Waals surface area contributed by atoms with E-state index in [4.69, 9.17) is 4.74 Å². The Hall–Kier alpha value is -3.30. The van der Waals surface area contributed by atoms with Crippen molar-refractivity contribution < 1.29 is 36.6 Å². The Bertz CT molecular complexity index is 844. The van der Waals surface area contributed by atoms with E-state index in [1.54, 1.807) is 37.3 Å². The zero-order chi connectivity index (χ0) is 21.7. The van der Waals surface area contributed by atoms with Gasteiger partial charge in [-0.3, -0.25) is 5.32 Å². The summed E-state index contributed by atoms with van der Waals surface area (Å²) in [5.74, 6) is -3.14. The summed E-state index contributed by atoms with van der Waals surface area (Å²) in [6, 6.07) is 9.88. The highest BCUT2D eigenvalue weighted by molar-refractivity contribution is 5.87. The maximum atomic E-state index is 13.9. The number of nitrogens with one attached hydrogen (secondary N) is 2. The van der Waals surface area contributed by atoms with E-state index in [1.165, 1.54) is 5.32 Å². The molecule has 0 radical (unpaired) electrons. The highest BCUT2D eigenvalue weighted by Crippen LogP contribution is 2.34. The summed E-state index contributed by atoms with van der Waals surface area (Å²) in [5.41, 5.74) is -3.22. The number of ether oxygens (including phenoxy) is 2. The molecule has 0 aromatic heterocycles. The molecule has 2 atom stereocenters. The summed E-state index contributed by atoms with van der Waals surface area (Å²) in [7, 11) is 0.711. The fraction of sp³-hybridized carbons (Fsp3) is 0.263. The molecule has 0 saturated carbocycles. The predicted molar refractivity (Wildman–Crippen MR) is 94.4 cm³/mol. The molecule has 0 aliphatic rings. The molecular weight excluding hydrogens is 396 g/mol. The normalized spacial score (nSPS) is 14.3. The third-order valence-electron chi connectivity index (χ3n) is 3.89. The fourth-order valence-corrected chi connectivity index (χ4v) is 2.40. The van der Waals surface area contributed by atoms with E-state index in [-0.39, 0.29) is 0 Å². The van der Waals surface area contributed by atoms with Crippen molar-refractivity contribution in [2.75, 3.05) is 7.11 Å². The largest absolute Gasteiger partial charge is 0.464 e. The van der Waals surface area contributed by atoms with Gasteiger partial charge in [0.15, 0.2) is 0 Å². The average Bonchev–Trinajstić information content (AvgIpc) is 2.68. The lowest BCUT2D eigenvalue weighted by molar-refractivity contribution is -0.258. The molecule has 0 saturated heterocycles. The van der Waals surface area contributed by atoms with Gasteiger partial charge < -0.3 is 14.8 Å². The van der Waals surface area contributed by atoms with Gasteiger partial charge >= 0.3 is 23.9 Å². The topological polar surface area (TPSA) is 76.7 Å². The molecule has 0 bridgehead atoms. The van der Waals surface area contributed by atoms with Crippen molar-refractivity contribution in [1.82, 2.24) is 10.6 Å². The first-order valence-corrected chi connectivity index (χ1v) is 8.32. The van der Waals surface area contributed by atoms with Crippen molar-refractivity contribution in [3.63, 3.8) is 0 Å². The summed E-state index contributed by atoms with van der Waals surface area (Å²) >= 11 is 0. The van der Waals surface area contributed by atoms with Gasteiger partial charge in [0.05, 0.1) is 13.2 Å². The number of urea groups is 1. The van der Waals surface area contributed by atoms with Crippen molar-refractivity contribution in [3.8, 4) is 5.75 Å². The molecule has 29 heavy (non-hydrogen) atoms. The fourth-order valence-electron chi connectivity index (χ4n) is 2.40. The van der Waals surface area contributed by atoms with Crippen LogP contribution in [0, 0.1) is 5.82 Å². The number of hydrogen-bond acceptors (Lipinski definition) is 4. The molecule has 0 fully saturated rings. The predicted octanol–water partition coefficient (Wildman–Crippen LogP) is 3.70. The summed E-state index contributed by atoms with van der Waals surface area (Å²) in [6.07, 6.45) is -5.40. The quantitative estimate of drug-likeness (QED) is 0.429.